The fourth-order valence-electron chi connectivity index (χ4n) is 18.7. The third kappa shape index (κ3) is 25.8. The topological polar surface area (TPSA) is 976 Å². The Balaban J connectivity index is 0.871. The van der Waals surface area contributed by atoms with Crippen molar-refractivity contribution in [3.63, 3.8) is 0 Å². The lowest BCUT2D eigenvalue weighted by molar-refractivity contribution is -0.406. The van der Waals surface area contributed by atoms with Gasteiger partial charge in [-0.1, -0.05) is 0 Å². The van der Waals surface area contributed by atoms with Crippen molar-refractivity contribution in [2.24, 2.45) is 0 Å². The summed E-state index contributed by atoms with van der Waals surface area (Å²) in [6.45, 7) is -5.53. The number of aliphatic hydroxyl groups is 32. The van der Waals surface area contributed by atoms with Gasteiger partial charge in [0.1, 0.15) is 281 Å². The molecule has 12 aliphatic heterocycles. The minimum Gasteiger partial charge on any atom is -0.394 e. The number of rotatable bonds is 36. The first kappa shape index (κ1) is 117. The van der Waals surface area contributed by atoms with Gasteiger partial charge in [0.2, 0.25) is 23.6 Å². The molecule has 12 saturated heterocycles. The number of carbonyl (C=O) groups excluding carboxylic acids is 4. The van der Waals surface area contributed by atoms with Crippen molar-refractivity contribution in [2.75, 3.05) is 66.1 Å². The second-order valence-corrected chi connectivity index (χ2v) is 36.6. The number of amides is 4. The highest BCUT2D eigenvalue weighted by atomic mass is 16.8. The zero-order chi connectivity index (χ0) is 105. The summed E-state index contributed by atoms with van der Waals surface area (Å²) in [5.41, 5.74) is 0. The molecule has 12 fully saturated rings. The Kier molecular flexibility index (Phi) is 41.8. The summed E-state index contributed by atoms with van der Waals surface area (Å²) in [6, 6.07) is -8.03. The molecular weight excluding hydrogens is 1960 g/mol. The quantitative estimate of drug-likeness (QED) is 0.0277. The fourth-order valence-corrected chi connectivity index (χ4v) is 18.7. The van der Waals surface area contributed by atoms with E-state index in [4.69, 9.17) is 109 Å². The largest absolute Gasteiger partial charge is 0.394 e. The highest BCUT2D eigenvalue weighted by Gasteiger charge is 2.64. The van der Waals surface area contributed by atoms with Crippen LogP contribution in [-0.2, 0) is 128 Å². The van der Waals surface area contributed by atoms with Crippen LogP contribution < -0.4 is 21.3 Å². The second kappa shape index (κ2) is 51.0. The zero-order valence-electron chi connectivity index (χ0n) is 77.0. The van der Waals surface area contributed by atoms with E-state index >= 15 is 0 Å². The summed E-state index contributed by atoms with van der Waals surface area (Å²) in [6.07, 6.45) is -119. The summed E-state index contributed by atoms with van der Waals surface area (Å²) in [7, 11) is 0. The van der Waals surface area contributed by atoms with E-state index < -0.39 is 458 Å². The van der Waals surface area contributed by atoms with E-state index in [2.05, 4.69) is 21.3 Å². The van der Waals surface area contributed by atoms with Crippen molar-refractivity contribution in [3.05, 3.63) is 0 Å². The van der Waals surface area contributed by atoms with Crippen molar-refractivity contribution in [1.82, 2.24) is 21.3 Å². The third-order valence-electron chi connectivity index (χ3n) is 26.6. The molecule has 0 aromatic rings. The van der Waals surface area contributed by atoms with E-state index in [0.29, 0.717) is 0 Å². The van der Waals surface area contributed by atoms with Gasteiger partial charge >= 0.3 is 0 Å². The fraction of sp³-hybridized carbons (Fsp3) is 0.950. The lowest BCUT2D eigenvalue weighted by atomic mass is 9.93. The molecule has 36 N–H and O–H groups in total. The van der Waals surface area contributed by atoms with Crippen LogP contribution in [0.25, 0.3) is 0 Å². The van der Waals surface area contributed by atoms with Crippen LogP contribution in [-0.4, -0.2) is 621 Å². The maximum atomic E-state index is 13.4. The summed E-state index contributed by atoms with van der Waals surface area (Å²) in [5.74, 6) is -3.96. The van der Waals surface area contributed by atoms with Gasteiger partial charge in [0.25, 0.3) is 0 Å². The number of ether oxygens (including phenoxy) is 23. The maximum absolute atomic E-state index is 13.4. The summed E-state index contributed by atoms with van der Waals surface area (Å²) < 4.78 is 138. The highest BCUT2D eigenvalue weighted by Crippen LogP contribution is 2.43. The van der Waals surface area contributed by atoms with Gasteiger partial charge in [-0.25, -0.2) is 0 Å². The average molecular weight is 2100 g/mol. The lowest BCUT2D eigenvalue weighted by Gasteiger charge is -2.51. The molecule has 4 amide bonds. The molecule has 0 unspecified atom stereocenters. The van der Waals surface area contributed by atoms with E-state index in [-0.39, 0.29) is 0 Å². The minimum atomic E-state index is -2.69. The van der Waals surface area contributed by atoms with Crippen LogP contribution in [0.2, 0.25) is 0 Å². The molecule has 0 aromatic heterocycles. The molecule has 12 aliphatic rings. The van der Waals surface area contributed by atoms with E-state index in [0.717, 1.165) is 27.7 Å². The minimum absolute atomic E-state index is 0.870. The number of hydrogen-bond donors (Lipinski definition) is 36. The van der Waals surface area contributed by atoms with Crippen molar-refractivity contribution in [3.8, 4) is 0 Å². The van der Waals surface area contributed by atoms with Crippen molar-refractivity contribution in [1.29, 1.82) is 0 Å². The van der Waals surface area contributed by atoms with Crippen LogP contribution in [0.1, 0.15) is 41.5 Å². The Morgan fingerprint density at radius 2 is 0.441 bits per heavy atom. The average Bonchev–Trinajstić information content (AvgIpc) is 0.757. The van der Waals surface area contributed by atoms with Gasteiger partial charge < -0.3 is 294 Å². The van der Waals surface area contributed by atoms with Crippen LogP contribution in [0.3, 0.4) is 0 Å². The van der Waals surface area contributed by atoms with Gasteiger partial charge in [0, 0.05) is 27.7 Å². The smallest absolute Gasteiger partial charge is 0.217 e. The van der Waals surface area contributed by atoms with Crippen molar-refractivity contribution in [2.45, 2.75) is 410 Å². The predicted octanol–water partition coefficient (Wildman–Crippen LogP) is -24.5. The number of carbonyl (C=O) groups is 4. The Morgan fingerprint density at radius 3 is 0.846 bits per heavy atom. The standard InChI is InChI=1S/C80H134N4O59/c1-17-37(97)49(109)55(115)73(123-17)121-16-32-63(45(105)33(69(120)125-32)81-19(3)93)135-70-34(82-20(4)94)46(106)61(29(13-91)131-70)137-77-59(119)64(139-79-67(54(114)42(102)26(10-88)129-79)142-72-35(83-21(5)95)47(107)60(28(12-90)132-72)136-75-57(117)51(111)39(99)23(7-85)126-75)44(104)31(134-77)15-122-78-66(53(113)41(101)25(9-87)128-78)141-71-36(84-22(6)96)48(108)62(30(14-92)133-71)138-80-68(143-74-56(116)50(110)38(98)18(2)124-74)65(43(103)27(11-89)130-80)140-76-58(118)52(112)40(100)24(8-86)127-76/h17-18,23-80,85-92,97-120H,7-16H2,1-6H3,(H,81,93)(H,82,94)(H,83,95)(H,84,96)/t17-,18-,23+,24+,25+,26+,27+,28+,29+,30+,31+,32+,33+,34+,35+,36+,37+,38+,39-,40-,41+,42+,43-,44+,45+,46+,47+,48+,49+,50+,51-,52-,53-,54-,55-,56-,57+,58+,59-,60+,61+,62+,63+,64-,65-,66-,67-,68+,69+,70-,71-,72-,73+,74-,75-,76+,77-,78-,79+,80-/m0/s1. The van der Waals surface area contributed by atoms with Crippen LogP contribution in [0, 0.1) is 0 Å². The molecule has 828 valence electrons. The second-order valence-electron chi connectivity index (χ2n) is 36.6. The molecule has 0 bridgehead atoms. The molecule has 63 heteroatoms. The first-order valence-electron chi connectivity index (χ1n) is 45.9. The molecule has 0 spiro atoms. The Labute approximate surface area is 809 Å². The van der Waals surface area contributed by atoms with Gasteiger partial charge in [0.15, 0.2) is 75.5 Å². The lowest BCUT2D eigenvalue weighted by Crippen LogP contribution is -2.71. The summed E-state index contributed by atoms with van der Waals surface area (Å²) in [5, 5.41) is 370. The SMILES string of the molecule is CC(=O)N[C@@H]1[C@@H](O)[C@H](O[C@@H]2O[C@H](CO)[C@@H](O[C@@H]3O[C@H](CO[C@H]4O[C@H](CO)[C@@H](O)[C@H](O)[C@@H]4O[C@@H]4O[C@H](CO)[C@@H](O[C@@H]5O[C@H](CO)[C@H](O)[C@H](O[C@H]6O[C@H](CO)[C@H](O)[C@H](O)[C@H]6O)[C@H]5O[C@@H]5O[C@@H](C)[C@@H](O)[C@@H](O)[C@@H]5O)[C@H](O)[C@H]4NC(C)=O)[C@@H](O)[C@H](O[C@H]4O[C@H](CO)[C@@H](O)[C@H](O)[C@@H]4O[C@@H]4O[C@H](CO)[C@@H](O[C@@H]5O[C@H](CO)[C@H](O)[C@H](O)[C@H]5O)[C@H](O)[C@H]4NC(C)=O)[C@@H]3O)[C@H](O)[C@H]2NC(C)=O)[C@@H](CO[C@@H]2O[C@@H](C)[C@@H](O)[C@@H](O)[C@@H]2O)O[C@H]1O. The van der Waals surface area contributed by atoms with Gasteiger partial charge in [-0.15, -0.1) is 0 Å². The van der Waals surface area contributed by atoms with Crippen molar-refractivity contribution < 1.29 is 292 Å². The van der Waals surface area contributed by atoms with E-state index in [1.165, 1.54) is 13.8 Å². The van der Waals surface area contributed by atoms with Crippen LogP contribution >= 0.6 is 0 Å². The van der Waals surface area contributed by atoms with Crippen LogP contribution in [0.5, 0.6) is 0 Å². The van der Waals surface area contributed by atoms with E-state index in [1.54, 1.807) is 0 Å². The number of aliphatic hydroxyl groups excluding tert-OH is 32. The van der Waals surface area contributed by atoms with Gasteiger partial charge in [-0.3, -0.25) is 19.2 Å². The molecule has 63 nitrogen and oxygen atoms in total. The first-order valence-corrected chi connectivity index (χ1v) is 45.9. The molecule has 12 rings (SSSR count). The summed E-state index contributed by atoms with van der Waals surface area (Å²) in [4.78, 5) is 52.5. The molecule has 143 heavy (non-hydrogen) atoms. The predicted molar refractivity (Wildman–Crippen MR) is 439 cm³/mol. The maximum Gasteiger partial charge on any atom is 0.217 e. The molecule has 0 radical (unpaired) electrons. The Bertz CT molecular complexity index is 3960. The molecule has 12 heterocycles. The number of hydrogen-bond acceptors (Lipinski definition) is 59. The molecule has 0 saturated carbocycles. The van der Waals surface area contributed by atoms with Crippen LogP contribution in [0.4, 0.5) is 0 Å². The van der Waals surface area contributed by atoms with E-state index in [9.17, 15) is 183 Å². The summed E-state index contributed by atoms with van der Waals surface area (Å²) >= 11 is 0. The molecule has 0 aliphatic carbocycles. The van der Waals surface area contributed by atoms with Gasteiger partial charge in [-0.05, 0) is 13.8 Å². The number of nitrogens with one attached hydrogen (secondary N) is 4. The van der Waals surface area contributed by atoms with Crippen molar-refractivity contribution >= 4 is 23.6 Å². The highest BCUT2D eigenvalue weighted by molar-refractivity contribution is 5.74. The molecular formula is C80H134N4O59. The Morgan fingerprint density at radius 1 is 0.196 bits per heavy atom. The van der Waals surface area contributed by atoms with Crippen LogP contribution in [0.15, 0.2) is 0 Å². The first-order chi connectivity index (χ1) is 67.6. The normalized spacial score (nSPS) is 50.7. The van der Waals surface area contributed by atoms with Gasteiger partial charge in [0.05, 0.1) is 78.3 Å². The Hall–Kier alpha value is -4.32. The molecule has 60 atom stereocenters. The zero-order valence-corrected chi connectivity index (χ0v) is 77.0. The van der Waals surface area contributed by atoms with Gasteiger partial charge in [-0.2, -0.15) is 0 Å². The monoisotopic (exact) mass is 2090 g/mol. The molecule has 0 aromatic carbocycles. The van der Waals surface area contributed by atoms with E-state index in [1.807, 2.05) is 0 Å². The third-order valence-corrected chi connectivity index (χ3v) is 26.6.